The van der Waals surface area contributed by atoms with Gasteiger partial charge in [0.25, 0.3) is 5.91 Å². The van der Waals surface area contributed by atoms with Crippen molar-refractivity contribution in [3.8, 4) is 5.75 Å². The van der Waals surface area contributed by atoms with Gasteiger partial charge in [0.15, 0.2) is 0 Å². The van der Waals surface area contributed by atoms with Crippen LogP contribution in [-0.4, -0.2) is 42.2 Å². The Hall–Kier alpha value is -2.94. The molecular formula is C26H27F3N2O3S. The number of rotatable bonds is 5. The molecule has 2 aliphatic rings. The Bertz CT molecular complexity index is 1120. The highest BCUT2D eigenvalue weighted by Crippen LogP contribution is 2.43. The minimum Gasteiger partial charge on any atom is -0.496 e. The SMILES string of the molecule is COc1ccccc1CNC(=O)C1CCC2S/C(=C\c3ccc(C(F)(F)F)cc3)C(=O)N(C)C2C1. The minimum atomic E-state index is -4.40. The average molecular weight is 505 g/mol. The number of alkyl halides is 3. The number of likely N-dealkylation sites (N-methyl/N-ethyl adjacent to an activating group) is 1. The number of carbonyl (C=O) groups excluding carboxylic acids is 2. The summed E-state index contributed by atoms with van der Waals surface area (Å²) in [6.07, 6.45) is -0.699. The number of carbonyl (C=O) groups is 2. The molecule has 3 unspecified atom stereocenters. The van der Waals surface area contributed by atoms with Crippen LogP contribution in [0.15, 0.2) is 53.4 Å². The second-order valence-corrected chi connectivity index (χ2v) is 10.1. The van der Waals surface area contributed by atoms with Crippen molar-refractivity contribution in [2.24, 2.45) is 5.92 Å². The number of methoxy groups -OCH3 is 1. The fraction of sp³-hybridized carbons (Fsp3) is 0.385. The fourth-order valence-corrected chi connectivity index (χ4v) is 6.11. The molecule has 0 bridgehead atoms. The van der Waals surface area contributed by atoms with Gasteiger partial charge in [-0.25, -0.2) is 0 Å². The second kappa shape index (κ2) is 10.4. The van der Waals surface area contributed by atoms with Crippen LogP contribution in [0.3, 0.4) is 0 Å². The van der Waals surface area contributed by atoms with E-state index < -0.39 is 11.7 Å². The summed E-state index contributed by atoms with van der Waals surface area (Å²) >= 11 is 1.46. The quantitative estimate of drug-likeness (QED) is 0.575. The highest BCUT2D eigenvalue weighted by Gasteiger charge is 2.42. The third-order valence-electron chi connectivity index (χ3n) is 6.61. The van der Waals surface area contributed by atoms with Crippen LogP contribution in [-0.2, 0) is 22.3 Å². The molecule has 186 valence electrons. The lowest BCUT2D eigenvalue weighted by atomic mass is 9.83. The molecule has 3 atom stereocenters. The van der Waals surface area contributed by atoms with Crippen LogP contribution in [0, 0.1) is 5.92 Å². The predicted molar refractivity (Wildman–Crippen MR) is 130 cm³/mol. The molecular weight excluding hydrogens is 477 g/mol. The van der Waals surface area contributed by atoms with Crippen molar-refractivity contribution >= 4 is 29.7 Å². The van der Waals surface area contributed by atoms with E-state index in [1.807, 2.05) is 24.3 Å². The molecule has 2 aromatic carbocycles. The van der Waals surface area contributed by atoms with Crippen molar-refractivity contribution in [1.82, 2.24) is 10.2 Å². The monoisotopic (exact) mass is 504 g/mol. The molecule has 2 amide bonds. The number of para-hydroxylation sites is 1. The lowest BCUT2D eigenvalue weighted by Crippen LogP contribution is -2.52. The molecule has 0 spiro atoms. The number of amides is 2. The average Bonchev–Trinajstić information content (AvgIpc) is 2.85. The largest absolute Gasteiger partial charge is 0.496 e. The van der Waals surface area contributed by atoms with Gasteiger partial charge >= 0.3 is 6.18 Å². The van der Waals surface area contributed by atoms with Crippen molar-refractivity contribution < 1.29 is 27.5 Å². The zero-order valence-corrected chi connectivity index (χ0v) is 20.3. The number of ether oxygens (including phenoxy) is 1. The number of hydrogen-bond acceptors (Lipinski definition) is 4. The fourth-order valence-electron chi connectivity index (χ4n) is 4.63. The molecule has 1 saturated heterocycles. The number of thioether (sulfide) groups is 1. The third kappa shape index (κ3) is 5.66. The standard InChI is InChI=1S/C26H27F3N2O3S/c1-31-20-14-17(24(32)30-15-18-5-3-4-6-21(18)34-2)9-12-22(20)35-23(25(31)33)13-16-7-10-19(11-8-16)26(27,28)29/h3-8,10-11,13,17,20,22H,9,12,14-15H2,1-2H3,(H,30,32)/b23-13-. The maximum Gasteiger partial charge on any atom is 0.416 e. The predicted octanol–water partition coefficient (Wildman–Crippen LogP) is 5.11. The van der Waals surface area contributed by atoms with Gasteiger partial charge in [0.2, 0.25) is 5.91 Å². The number of halogens is 3. The summed E-state index contributed by atoms with van der Waals surface area (Å²) in [4.78, 5) is 28.1. The smallest absolute Gasteiger partial charge is 0.416 e. The lowest BCUT2D eigenvalue weighted by Gasteiger charge is -2.44. The summed E-state index contributed by atoms with van der Waals surface area (Å²) in [5, 5.41) is 3.14. The summed E-state index contributed by atoms with van der Waals surface area (Å²) in [5.74, 6) is 0.317. The molecule has 35 heavy (non-hydrogen) atoms. The molecule has 1 aliphatic heterocycles. The van der Waals surface area contributed by atoms with E-state index in [0.717, 1.165) is 29.9 Å². The molecule has 2 fully saturated rings. The molecule has 0 aromatic heterocycles. The highest BCUT2D eigenvalue weighted by molar-refractivity contribution is 8.04. The van der Waals surface area contributed by atoms with Crippen molar-refractivity contribution in [1.29, 1.82) is 0 Å². The van der Waals surface area contributed by atoms with E-state index in [2.05, 4.69) is 5.32 Å². The third-order valence-corrected chi connectivity index (χ3v) is 8.01. The summed E-state index contributed by atoms with van der Waals surface area (Å²) < 4.78 is 43.8. The number of benzene rings is 2. The van der Waals surface area contributed by atoms with Crippen molar-refractivity contribution in [3.63, 3.8) is 0 Å². The first-order valence-electron chi connectivity index (χ1n) is 11.4. The van der Waals surface area contributed by atoms with Crippen molar-refractivity contribution in [2.45, 2.75) is 43.3 Å². The van der Waals surface area contributed by atoms with E-state index >= 15 is 0 Å². The summed E-state index contributed by atoms with van der Waals surface area (Å²) in [7, 11) is 3.32. The highest BCUT2D eigenvalue weighted by atomic mass is 32.2. The van der Waals surface area contributed by atoms with E-state index in [1.165, 1.54) is 23.9 Å². The van der Waals surface area contributed by atoms with Crippen molar-refractivity contribution in [3.05, 3.63) is 70.1 Å². The molecule has 9 heteroatoms. The van der Waals surface area contributed by atoms with Crippen LogP contribution in [0.5, 0.6) is 5.75 Å². The van der Waals surface area contributed by atoms with Gasteiger partial charge in [-0.15, -0.1) is 11.8 Å². The maximum absolute atomic E-state index is 13.0. The molecule has 1 aliphatic carbocycles. The second-order valence-electron chi connectivity index (χ2n) is 8.81. The van der Waals surface area contributed by atoms with Crippen LogP contribution in [0.25, 0.3) is 6.08 Å². The van der Waals surface area contributed by atoms with Crippen LogP contribution in [0.1, 0.15) is 36.0 Å². The normalized spacial score (nSPS) is 23.7. The van der Waals surface area contributed by atoms with E-state index in [1.54, 1.807) is 25.1 Å². The number of fused-ring (bicyclic) bond motifs is 1. The first kappa shape index (κ1) is 25.2. The Labute approximate surface area is 206 Å². The first-order chi connectivity index (χ1) is 16.7. The molecule has 1 heterocycles. The zero-order chi connectivity index (χ0) is 25.2. The summed E-state index contributed by atoms with van der Waals surface area (Å²) in [6.45, 7) is 0.372. The van der Waals surface area contributed by atoms with Crippen LogP contribution in [0.4, 0.5) is 13.2 Å². The lowest BCUT2D eigenvalue weighted by molar-refractivity contribution is -0.137. The van der Waals surface area contributed by atoms with Crippen LogP contribution < -0.4 is 10.1 Å². The van der Waals surface area contributed by atoms with E-state index in [4.69, 9.17) is 4.74 Å². The number of hydrogen-bond donors (Lipinski definition) is 1. The van der Waals surface area contributed by atoms with Gasteiger partial charge in [-0.05, 0) is 49.1 Å². The van der Waals surface area contributed by atoms with Gasteiger partial charge in [-0.3, -0.25) is 9.59 Å². The molecule has 5 nitrogen and oxygen atoms in total. The van der Waals surface area contributed by atoms with Gasteiger partial charge < -0.3 is 15.0 Å². The molecule has 0 radical (unpaired) electrons. The summed E-state index contributed by atoms with van der Waals surface area (Å²) in [5.41, 5.74) is 0.725. The Morgan fingerprint density at radius 3 is 2.57 bits per heavy atom. The van der Waals surface area contributed by atoms with Gasteiger partial charge in [0.1, 0.15) is 5.75 Å². The van der Waals surface area contributed by atoms with Crippen molar-refractivity contribution in [2.75, 3.05) is 14.2 Å². The molecule has 2 aromatic rings. The minimum absolute atomic E-state index is 0.0358. The Morgan fingerprint density at radius 1 is 1.17 bits per heavy atom. The van der Waals surface area contributed by atoms with Gasteiger partial charge in [-0.1, -0.05) is 30.3 Å². The Kier molecular flexibility index (Phi) is 7.44. The molecule has 4 rings (SSSR count). The number of nitrogens with one attached hydrogen (secondary N) is 1. The molecule has 1 N–H and O–H groups in total. The van der Waals surface area contributed by atoms with Gasteiger partial charge in [0, 0.05) is 36.4 Å². The first-order valence-corrected chi connectivity index (χ1v) is 12.3. The van der Waals surface area contributed by atoms with Crippen LogP contribution >= 0.6 is 11.8 Å². The van der Waals surface area contributed by atoms with E-state index in [-0.39, 0.29) is 29.0 Å². The van der Waals surface area contributed by atoms with Gasteiger partial charge in [0.05, 0.1) is 17.6 Å². The van der Waals surface area contributed by atoms with E-state index in [0.29, 0.717) is 29.9 Å². The Balaban J connectivity index is 1.39. The molecule has 1 saturated carbocycles. The van der Waals surface area contributed by atoms with E-state index in [9.17, 15) is 22.8 Å². The topological polar surface area (TPSA) is 58.6 Å². The Morgan fingerprint density at radius 2 is 1.89 bits per heavy atom. The van der Waals surface area contributed by atoms with Crippen LogP contribution in [0.2, 0.25) is 0 Å². The summed E-state index contributed by atoms with van der Waals surface area (Å²) in [6, 6.07) is 12.2. The zero-order valence-electron chi connectivity index (χ0n) is 19.5. The maximum atomic E-state index is 13.0. The number of nitrogens with zero attached hydrogens (tertiary/aromatic N) is 1. The van der Waals surface area contributed by atoms with Gasteiger partial charge in [-0.2, -0.15) is 13.2 Å².